The van der Waals surface area contributed by atoms with Gasteiger partial charge in [-0.25, -0.2) is 23.2 Å². The molecule has 0 atom stereocenters. The fourth-order valence-corrected chi connectivity index (χ4v) is 3.40. The van der Waals surface area contributed by atoms with Crippen LogP contribution in [0, 0.1) is 0 Å². The first-order valence-corrected chi connectivity index (χ1v) is 11.7. The maximum Gasteiger partial charge on any atom is 0.410 e. The van der Waals surface area contributed by atoms with Gasteiger partial charge in [-0.05, 0) is 32.9 Å². The zero-order valence-electron chi connectivity index (χ0n) is 18.1. The number of ether oxygens (including phenoxy) is 2. The van der Waals surface area contributed by atoms with Crippen molar-refractivity contribution >= 4 is 21.9 Å². The molecule has 168 valence electrons. The smallest absolute Gasteiger partial charge is 0.410 e. The monoisotopic (exact) mass is 449 g/mol. The van der Waals surface area contributed by atoms with Gasteiger partial charge < -0.3 is 19.3 Å². The highest BCUT2D eigenvalue weighted by Crippen LogP contribution is 2.17. The van der Waals surface area contributed by atoms with E-state index in [0.29, 0.717) is 43.6 Å². The minimum absolute atomic E-state index is 0.163. The van der Waals surface area contributed by atoms with Gasteiger partial charge in [-0.1, -0.05) is 0 Å². The Balaban J connectivity index is 1.50. The van der Waals surface area contributed by atoms with Crippen LogP contribution >= 0.6 is 0 Å². The van der Waals surface area contributed by atoms with Crippen LogP contribution in [0.2, 0.25) is 0 Å². The van der Waals surface area contributed by atoms with Gasteiger partial charge in [0.05, 0.1) is 23.0 Å². The fraction of sp³-hybridized carbons (Fsp3) is 0.500. The SMILES string of the molecule is CC(C)(C)OC(=O)N1CCN(c2ncc(OCc3ccc(S(C)(=O)=O)cn3)cn2)CC1. The van der Waals surface area contributed by atoms with Gasteiger partial charge in [0.1, 0.15) is 12.2 Å². The Kier molecular flexibility index (Phi) is 6.63. The minimum atomic E-state index is -3.28. The molecule has 2 aromatic heterocycles. The topological polar surface area (TPSA) is 115 Å². The second-order valence-corrected chi connectivity index (χ2v) is 10.2. The molecule has 0 aromatic carbocycles. The second-order valence-electron chi connectivity index (χ2n) is 8.22. The normalized spacial score (nSPS) is 15.0. The number of aromatic nitrogens is 3. The summed E-state index contributed by atoms with van der Waals surface area (Å²) in [7, 11) is -3.28. The predicted octanol–water partition coefficient (Wildman–Crippen LogP) is 1.91. The number of carbonyl (C=O) groups is 1. The van der Waals surface area contributed by atoms with E-state index in [1.807, 2.05) is 25.7 Å². The van der Waals surface area contributed by atoms with E-state index in [1.54, 1.807) is 23.4 Å². The summed E-state index contributed by atoms with van der Waals surface area (Å²) in [6.45, 7) is 7.99. The van der Waals surface area contributed by atoms with Gasteiger partial charge in [0.2, 0.25) is 5.95 Å². The summed E-state index contributed by atoms with van der Waals surface area (Å²) in [4.78, 5) is 28.8. The number of carbonyl (C=O) groups excluding carboxylic acids is 1. The molecule has 0 N–H and O–H groups in total. The van der Waals surface area contributed by atoms with Crippen molar-refractivity contribution in [2.24, 2.45) is 0 Å². The quantitative estimate of drug-likeness (QED) is 0.675. The average molecular weight is 450 g/mol. The van der Waals surface area contributed by atoms with Crippen molar-refractivity contribution in [2.75, 3.05) is 37.3 Å². The highest BCUT2D eigenvalue weighted by Gasteiger charge is 2.26. The molecule has 0 saturated carbocycles. The van der Waals surface area contributed by atoms with Crippen molar-refractivity contribution < 1.29 is 22.7 Å². The number of rotatable bonds is 5. The molecule has 3 heterocycles. The Labute approximate surface area is 182 Å². The van der Waals surface area contributed by atoms with Crippen LogP contribution in [-0.2, 0) is 21.2 Å². The zero-order chi connectivity index (χ0) is 22.6. The lowest BCUT2D eigenvalue weighted by Crippen LogP contribution is -2.50. The Morgan fingerprint density at radius 3 is 2.19 bits per heavy atom. The number of pyridine rings is 1. The Morgan fingerprint density at radius 2 is 1.68 bits per heavy atom. The molecule has 3 rings (SSSR count). The molecule has 31 heavy (non-hydrogen) atoms. The van der Waals surface area contributed by atoms with Crippen LogP contribution in [0.1, 0.15) is 26.5 Å². The van der Waals surface area contributed by atoms with Crippen LogP contribution in [0.3, 0.4) is 0 Å². The summed E-state index contributed by atoms with van der Waals surface area (Å²) in [6, 6.07) is 3.10. The van der Waals surface area contributed by atoms with Crippen molar-refractivity contribution in [3.8, 4) is 5.75 Å². The van der Waals surface area contributed by atoms with E-state index in [4.69, 9.17) is 9.47 Å². The second kappa shape index (κ2) is 9.04. The van der Waals surface area contributed by atoms with Gasteiger partial charge in [-0.3, -0.25) is 4.98 Å². The van der Waals surface area contributed by atoms with Gasteiger partial charge in [-0.15, -0.1) is 0 Å². The molecule has 1 fully saturated rings. The van der Waals surface area contributed by atoms with Gasteiger partial charge in [-0.2, -0.15) is 0 Å². The summed E-state index contributed by atoms with van der Waals surface area (Å²) in [5.41, 5.74) is 0.0769. The summed E-state index contributed by atoms with van der Waals surface area (Å²) < 4.78 is 34.0. The molecule has 11 heteroatoms. The van der Waals surface area contributed by atoms with Gasteiger partial charge in [0.25, 0.3) is 0 Å². The third-order valence-corrected chi connectivity index (χ3v) is 5.54. The fourth-order valence-electron chi connectivity index (χ4n) is 2.84. The highest BCUT2D eigenvalue weighted by atomic mass is 32.2. The molecular formula is C20H27N5O5S. The average Bonchev–Trinajstić information content (AvgIpc) is 2.71. The summed E-state index contributed by atoms with van der Waals surface area (Å²) in [5.74, 6) is 1.04. The largest absolute Gasteiger partial charge is 0.484 e. The third-order valence-electron chi connectivity index (χ3n) is 4.44. The molecule has 0 spiro atoms. The lowest BCUT2D eigenvalue weighted by molar-refractivity contribution is 0.0240. The number of amides is 1. The van der Waals surface area contributed by atoms with Crippen LogP contribution in [-0.4, -0.2) is 72.4 Å². The van der Waals surface area contributed by atoms with Gasteiger partial charge in [0, 0.05) is 38.6 Å². The summed E-state index contributed by atoms with van der Waals surface area (Å²) in [5, 5.41) is 0. The van der Waals surface area contributed by atoms with Crippen LogP contribution < -0.4 is 9.64 Å². The minimum Gasteiger partial charge on any atom is -0.484 e. The lowest BCUT2D eigenvalue weighted by atomic mass is 10.2. The molecule has 10 nitrogen and oxygen atoms in total. The Hall–Kier alpha value is -2.95. The first-order chi connectivity index (χ1) is 14.5. The molecule has 0 radical (unpaired) electrons. The van der Waals surface area contributed by atoms with E-state index >= 15 is 0 Å². The van der Waals surface area contributed by atoms with Crippen molar-refractivity contribution in [1.82, 2.24) is 19.9 Å². The van der Waals surface area contributed by atoms with Crippen LogP contribution in [0.15, 0.2) is 35.6 Å². The van der Waals surface area contributed by atoms with Crippen molar-refractivity contribution in [3.05, 3.63) is 36.4 Å². The highest BCUT2D eigenvalue weighted by molar-refractivity contribution is 7.90. The van der Waals surface area contributed by atoms with E-state index in [9.17, 15) is 13.2 Å². The van der Waals surface area contributed by atoms with Crippen LogP contribution in [0.25, 0.3) is 0 Å². The van der Waals surface area contributed by atoms with Crippen LogP contribution in [0.4, 0.5) is 10.7 Å². The van der Waals surface area contributed by atoms with E-state index < -0.39 is 15.4 Å². The number of hydrogen-bond acceptors (Lipinski definition) is 9. The number of anilines is 1. The molecular weight excluding hydrogens is 422 g/mol. The number of piperazine rings is 1. The van der Waals surface area contributed by atoms with Crippen molar-refractivity contribution in [2.45, 2.75) is 37.9 Å². The predicted molar refractivity (Wildman–Crippen MR) is 114 cm³/mol. The van der Waals surface area contributed by atoms with Crippen molar-refractivity contribution in [3.63, 3.8) is 0 Å². The van der Waals surface area contributed by atoms with Crippen molar-refractivity contribution in [1.29, 1.82) is 0 Å². The van der Waals surface area contributed by atoms with E-state index in [-0.39, 0.29) is 17.6 Å². The molecule has 1 saturated heterocycles. The van der Waals surface area contributed by atoms with E-state index in [2.05, 4.69) is 15.0 Å². The molecule has 1 aliphatic rings. The standard InChI is InChI=1S/C20H27N5O5S/c1-20(2,3)30-19(26)25-9-7-24(8-10-25)18-22-11-16(12-23-18)29-14-15-5-6-17(13-21-15)31(4,27)28/h5-6,11-13H,7-10,14H2,1-4H3. The Bertz CT molecular complexity index is 996. The summed E-state index contributed by atoms with van der Waals surface area (Å²) in [6.07, 6.45) is 5.29. The maximum absolute atomic E-state index is 12.2. The first-order valence-electron chi connectivity index (χ1n) is 9.84. The lowest BCUT2D eigenvalue weighted by Gasteiger charge is -2.35. The number of nitrogens with zero attached hydrogens (tertiary/aromatic N) is 5. The molecule has 0 bridgehead atoms. The number of hydrogen-bond donors (Lipinski definition) is 0. The zero-order valence-corrected chi connectivity index (χ0v) is 18.9. The Morgan fingerprint density at radius 1 is 1.03 bits per heavy atom. The summed E-state index contributed by atoms with van der Waals surface area (Å²) >= 11 is 0. The maximum atomic E-state index is 12.2. The van der Waals surface area contributed by atoms with Gasteiger partial charge >= 0.3 is 6.09 Å². The van der Waals surface area contributed by atoms with Crippen LogP contribution in [0.5, 0.6) is 5.75 Å². The molecule has 2 aromatic rings. The number of sulfone groups is 1. The molecule has 0 aliphatic carbocycles. The first kappa shape index (κ1) is 22.7. The van der Waals surface area contributed by atoms with E-state index in [0.717, 1.165) is 6.26 Å². The van der Waals surface area contributed by atoms with E-state index in [1.165, 1.54) is 12.3 Å². The molecule has 1 amide bonds. The molecule has 1 aliphatic heterocycles. The van der Waals surface area contributed by atoms with Gasteiger partial charge in [0.15, 0.2) is 15.6 Å². The molecule has 0 unspecified atom stereocenters. The third kappa shape index (κ3) is 6.51.